The lowest BCUT2D eigenvalue weighted by Gasteiger charge is -2.18. The lowest BCUT2D eigenvalue weighted by atomic mass is 10.0. The molecule has 0 aliphatic heterocycles. The van der Waals surface area contributed by atoms with Crippen LogP contribution < -0.4 is 0 Å². The molecule has 18 heavy (non-hydrogen) atoms. The van der Waals surface area contributed by atoms with Crippen molar-refractivity contribution in [2.75, 3.05) is 0 Å². The van der Waals surface area contributed by atoms with Crippen LogP contribution in [0.15, 0.2) is 16.6 Å². The van der Waals surface area contributed by atoms with Gasteiger partial charge in [0.2, 0.25) is 5.78 Å². The molecule has 9 heteroatoms. The second-order valence-corrected chi connectivity index (χ2v) is 4.41. The molecule has 0 fully saturated rings. The first-order chi connectivity index (χ1) is 7.98. The maximum Gasteiger partial charge on any atom is 0.461 e. The third kappa shape index (κ3) is 2.64. The van der Waals surface area contributed by atoms with Crippen molar-refractivity contribution in [2.45, 2.75) is 12.1 Å². The Morgan fingerprint density at radius 1 is 1.17 bits per heavy atom. The third-order valence-corrected chi connectivity index (χ3v) is 3.09. The average Bonchev–Trinajstić information content (AvgIpc) is 2.20. The zero-order valence-corrected chi connectivity index (χ0v) is 10.4. The highest BCUT2D eigenvalue weighted by Crippen LogP contribution is 2.39. The van der Waals surface area contributed by atoms with Gasteiger partial charge in [-0.05, 0) is 28.1 Å². The fourth-order valence-electron chi connectivity index (χ4n) is 0.994. The number of ketones is 1. The Kier molecular flexibility index (Phi) is 4.02. The van der Waals surface area contributed by atoms with Crippen LogP contribution in [0.4, 0.5) is 26.3 Å². The minimum absolute atomic E-state index is 0.0754. The Morgan fingerprint density at radius 2 is 1.67 bits per heavy atom. The van der Waals surface area contributed by atoms with Crippen LogP contribution in [0.25, 0.3) is 0 Å². The van der Waals surface area contributed by atoms with Gasteiger partial charge in [0.1, 0.15) is 5.82 Å². The number of carbonyl (C=O) groups is 1. The molecule has 0 amide bonds. The molecule has 1 aromatic rings. The van der Waals surface area contributed by atoms with Crippen LogP contribution in [0, 0.1) is 5.82 Å². The zero-order chi connectivity index (χ0) is 14.3. The number of carbonyl (C=O) groups excluding carboxylic acids is 1. The first kappa shape index (κ1) is 15.3. The summed E-state index contributed by atoms with van der Waals surface area (Å²) >= 11 is 8.13. The molecule has 0 bridgehead atoms. The van der Waals surface area contributed by atoms with Gasteiger partial charge in [-0.3, -0.25) is 4.79 Å². The van der Waals surface area contributed by atoms with Gasteiger partial charge >= 0.3 is 12.1 Å². The third-order valence-electron chi connectivity index (χ3n) is 1.90. The normalized spacial score (nSPS) is 12.7. The van der Waals surface area contributed by atoms with Crippen LogP contribution >= 0.6 is 27.5 Å². The van der Waals surface area contributed by atoms with Crippen molar-refractivity contribution >= 4 is 33.3 Å². The van der Waals surface area contributed by atoms with Crippen molar-refractivity contribution in [3.05, 3.63) is 33.0 Å². The van der Waals surface area contributed by atoms with Gasteiger partial charge in [-0.1, -0.05) is 11.6 Å². The number of benzene rings is 1. The predicted molar refractivity (Wildman–Crippen MR) is 54.4 cm³/mol. The number of rotatable bonds is 2. The SMILES string of the molecule is O=C(c1cc(Cl)c(Br)cc1F)C(F)(F)C(F)(F)F. The van der Waals surface area contributed by atoms with Gasteiger partial charge in [0.15, 0.2) is 0 Å². The second-order valence-electron chi connectivity index (χ2n) is 3.15. The maximum absolute atomic E-state index is 13.2. The van der Waals surface area contributed by atoms with Crippen LogP contribution in [0.3, 0.4) is 0 Å². The number of hydrogen-bond donors (Lipinski definition) is 0. The van der Waals surface area contributed by atoms with Crippen LogP contribution in [0.5, 0.6) is 0 Å². The Morgan fingerprint density at radius 3 is 2.11 bits per heavy atom. The van der Waals surface area contributed by atoms with E-state index in [1.807, 2.05) is 0 Å². The van der Waals surface area contributed by atoms with Crippen molar-refractivity contribution in [3.8, 4) is 0 Å². The van der Waals surface area contributed by atoms with E-state index in [1.54, 1.807) is 0 Å². The number of hydrogen-bond acceptors (Lipinski definition) is 1. The molecular weight excluding hydrogens is 353 g/mol. The quantitative estimate of drug-likeness (QED) is 0.430. The Hall–Kier alpha value is -0.760. The molecule has 100 valence electrons. The number of Topliss-reactive ketones (excluding diaryl/α,β-unsaturated/α-hetero) is 1. The summed E-state index contributed by atoms with van der Waals surface area (Å²) in [4.78, 5) is 11.0. The average molecular weight is 355 g/mol. The predicted octanol–water partition coefficient (Wildman–Crippen LogP) is 4.62. The molecule has 0 N–H and O–H groups in total. The first-order valence-electron chi connectivity index (χ1n) is 4.12. The van der Waals surface area contributed by atoms with Crippen molar-refractivity contribution in [1.29, 1.82) is 0 Å². The van der Waals surface area contributed by atoms with Crippen molar-refractivity contribution in [1.82, 2.24) is 0 Å². The van der Waals surface area contributed by atoms with Crippen LogP contribution in [0.2, 0.25) is 5.02 Å². The molecule has 0 spiro atoms. The molecule has 0 unspecified atom stereocenters. The molecule has 1 aromatic carbocycles. The molecule has 0 aliphatic rings. The van der Waals surface area contributed by atoms with Gasteiger partial charge in [0.25, 0.3) is 0 Å². The van der Waals surface area contributed by atoms with Gasteiger partial charge in [0, 0.05) is 4.47 Å². The maximum atomic E-state index is 13.2. The largest absolute Gasteiger partial charge is 0.461 e. The molecule has 0 saturated heterocycles. The van der Waals surface area contributed by atoms with Gasteiger partial charge in [-0.15, -0.1) is 0 Å². The van der Waals surface area contributed by atoms with E-state index in [9.17, 15) is 31.1 Å². The van der Waals surface area contributed by atoms with Crippen molar-refractivity contribution in [3.63, 3.8) is 0 Å². The van der Waals surface area contributed by atoms with E-state index in [-0.39, 0.29) is 9.50 Å². The van der Waals surface area contributed by atoms with Gasteiger partial charge in [0.05, 0.1) is 10.6 Å². The number of halogens is 8. The minimum atomic E-state index is -6.10. The highest BCUT2D eigenvalue weighted by atomic mass is 79.9. The Balaban J connectivity index is 3.32. The molecule has 0 aliphatic carbocycles. The molecule has 0 atom stereocenters. The fourth-order valence-corrected chi connectivity index (χ4v) is 1.47. The van der Waals surface area contributed by atoms with E-state index in [2.05, 4.69) is 15.9 Å². The molecule has 0 aromatic heterocycles. The van der Waals surface area contributed by atoms with E-state index in [4.69, 9.17) is 11.6 Å². The zero-order valence-electron chi connectivity index (χ0n) is 8.09. The van der Waals surface area contributed by atoms with Gasteiger partial charge in [-0.2, -0.15) is 22.0 Å². The summed E-state index contributed by atoms with van der Waals surface area (Å²) in [5.74, 6) is -9.90. The van der Waals surface area contributed by atoms with Crippen LogP contribution in [-0.4, -0.2) is 17.9 Å². The van der Waals surface area contributed by atoms with Gasteiger partial charge in [-0.25, -0.2) is 4.39 Å². The second kappa shape index (κ2) is 4.73. The lowest BCUT2D eigenvalue weighted by Crippen LogP contribution is -2.44. The summed E-state index contributed by atoms with van der Waals surface area (Å²) in [6.45, 7) is 0. The van der Waals surface area contributed by atoms with E-state index < -0.39 is 29.3 Å². The Bertz CT molecular complexity index is 499. The molecule has 1 nitrogen and oxygen atoms in total. The summed E-state index contributed by atoms with van der Waals surface area (Å²) in [5.41, 5.74) is -1.43. The minimum Gasteiger partial charge on any atom is -0.287 e. The molecule has 1 rings (SSSR count). The Labute approximate surface area is 110 Å². The monoisotopic (exact) mass is 354 g/mol. The first-order valence-corrected chi connectivity index (χ1v) is 5.29. The fraction of sp³-hybridized carbons (Fsp3) is 0.222. The van der Waals surface area contributed by atoms with Crippen molar-refractivity contribution < 1.29 is 31.1 Å². The van der Waals surface area contributed by atoms with Crippen molar-refractivity contribution in [2.24, 2.45) is 0 Å². The summed E-state index contributed by atoms with van der Waals surface area (Å²) in [6, 6.07) is 0.935. The summed E-state index contributed by atoms with van der Waals surface area (Å²) in [7, 11) is 0. The molecular formula is C9H2BrClF6O. The number of alkyl halides is 5. The molecule has 0 saturated carbocycles. The molecule has 0 radical (unpaired) electrons. The lowest BCUT2D eigenvalue weighted by molar-refractivity contribution is -0.255. The van der Waals surface area contributed by atoms with Gasteiger partial charge < -0.3 is 0 Å². The summed E-state index contributed by atoms with van der Waals surface area (Å²) in [5, 5.41) is -0.363. The standard InChI is InChI=1S/C9H2BrClF6O/c10-4-2-6(12)3(1-5(4)11)7(18)8(13,14)9(15,16)17/h1-2H. The van der Waals surface area contributed by atoms with E-state index in [0.29, 0.717) is 12.1 Å². The van der Waals surface area contributed by atoms with E-state index >= 15 is 0 Å². The van der Waals surface area contributed by atoms with E-state index in [0.717, 1.165) is 0 Å². The summed E-state index contributed by atoms with van der Waals surface area (Å²) in [6.07, 6.45) is -6.10. The van der Waals surface area contributed by atoms with E-state index in [1.165, 1.54) is 0 Å². The van der Waals surface area contributed by atoms with Crippen LogP contribution in [0.1, 0.15) is 10.4 Å². The highest BCUT2D eigenvalue weighted by Gasteiger charge is 2.63. The topological polar surface area (TPSA) is 17.1 Å². The van der Waals surface area contributed by atoms with Crippen LogP contribution in [-0.2, 0) is 0 Å². The highest BCUT2D eigenvalue weighted by molar-refractivity contribution is 9.10. The smallest absolute Gasteiger partial charge is 0.287 e. The molecule has 0 heterocycles. The summed E-state index contributed by atoms with van der Waals surface area (Å²) < 4.78 is 74.4.